The first-order valence-corrected chi connectivity index (χ1v) is 15.5. The highest BCUT2D eigenvalue weighted by molar-refractivity contribution is 7.93. The van der Waals surface area contributed by atoms with Gasteiger partial charge in [-0.3, -0.25) is 14.2 Å². The number of nitrogens with one attached hydrogen (secondary N) is 3. The number of anilines is 3. The highest BCUT2D eigenvalue weighted by Gasteiger charge is 2.22. The Morgan fingerprint density at radius 2 is 1.27 bits per heavy atom. The number of carbonyl (C=O) groups excluding carboxylic acids is 1. The average Bonchev–Trinajstić information content (AvgIpc) is 2.88. The Hall–Kier alpha value is -3.86. The van der Waals surface area contributed by atoms with Crippen LogP contribution < -0.4 is 14.8 Å². The molecule has 0 aliphatic carbocycles. The Morgan fingerprint density at radius 1 is 0.650 bits per heavy atom. The van der Waals surface area contributed by atoms with Crippen LogP contribution in [-0.4, -0.2) is 22.7 Å². The number of amides is 1. The van der Waals surface area contributed by atoms with Crippen molar-refractivity contribution < 1.29 is 21.6 Å². The van der Waals surface area contributed by atoms with Crippen molar-refractivity contribution in [1.82, 2.24) is 0 Å². The Balaban J connectivity index is 1.51. The molecule has 0 spiro atoms. The zero-order valence-corrected chi connectivity index (χ0v) is 24.6. The predicted molar refractivity (Wildman–Crippen MR) is 159 cm³/mol. The molecule has 0 aliphatic rings. The van der Waals surface area contributed by atoms with E-state index in [1.165, 1.54) is 42.5 Å². The maximum Gasteiger partial charge on any atom is 0.263 e. The minimum absolute atomic E-state index is 0.0174. The lowest BCUT2D eigenvalue weighted by Crippen LogP contribution is -2.17. The highest BCUT2D eigenvalue weighted by atomic mass is 35.5. The van der Waals surface area contributed by atoms with E-state index in [9.17, 15) is 21.6 Å². The van der Waals surface area contributed by atoms with Crippen molar-refractivity contribution in [3.63, 3.8) is 0 Å². The fourth-order valence-electron chi connectivity index (χ4n) is 3.95. The van der Waals surface area contributed by atoms with Gasteiger partial charge in [0.1, 0.15) is 4.90 Å². The summed E-state index contributed by atoms with van der Waals surface area (Å²) in [5.41, 5.74) is 4.69. The van der Waals surface area contributed by atoms with Crippen LogP contribution in [0.2, 0.25) is 5.02 Å². The summed E-state index contributed by atoms with van der Waals surface area (Å²) >= 11 is 6.20. The summed E-state index contributed by atoms with van der Waals surface area (Å²) in [5, 5.41) is 2.61. The van der Waals surface area contributed by atoms with Crippen LogP contribution in [0.25, 0.3) is 0 Å². The third-order valence-corrected chi connectivity index (χ3v) is 9.40. The Morgan fingerprint density at radius 3 is 1.95 bits per heavy atom. The summed E-state index contributed by atoms with van der Waals surface area (Å²) in [6.07, 6.45) is 0. The van der Waals surface area contributed by atoms with E-state index in [2.05, 4.69) is 14.8 Å². The van der Waals surface area contributed by atoms with E-state index in [-0.39, 0.29) is 20.4 Å². The van der Waals surface area contributed by atoms with E-state index in [0.717, 1.165) is 22.3 Å². The van der Waals surface area contributed by atoms with Gasteiger partial charge in [-0.25, -0.2) is 16.8 Å². The zero-order chi connectivity index (χ0) is 29.2. The molecule has 4 aromatic carbocycles. The van der Waals surface area contributed by atoms with E-state index >= 15 is 0 Å². The second-order valence-corrected chi connectivity index (χ2v) is 13.2. The maximum atomic E-state index is 13.1. The largest absolute Gasteiger partial charge is 0.322 e. The SMILES string of the molecule is Cc1ccc(NS(=O)(=O)c2cc(C(=O)Nc3ccc(S(=O)(=O)Nc4cc(C)ccc4C)cc3)ccc2Cl)c(C)c1. The first-order valence-electron chi connectivity index (χ1n) is 12.2. The van der Waals surface area contributed by atoms with Crippen LogP contribution in [-0.2, 0) is 20.0 Å². The fourth-order valence-corrected chi connectivity index (χ4v) is 6.73. The molecule has 0 atom stereocenters. The van der Waals surface area contributed by atoms with Gasteiger partial charge in [-0.1, -0.05) is 41.4 Å². The number of rotatable bonds is 8. The van der Waals surface area contributed by atoms with Gasteiger partial charge in [0.25, 0.3) is 26.0 Å². The van der Waals surface area contributed by atoms with Crippen LogP contribution in [0, 0.1) is 27.7 Å². The molecule has 208 valence electrons. The fraction of sp³-hybridized carbons (Fsp3) is 0.138. The molecule has 1 amide bonds. The second-order valence-electron chi connectivity index (χ2n) is 9.47. The van der Waals surface area contributed by atoms with Gasteiger partial charge >= 0.3 is 0 Å². The molecule has 0 radical (unpaired) electrons. The number of hydrogen-bond acceptors (Lipinski definition) is 5. The van der Waals surface area contributed by atoms with Crippen LogP contribution in [0.15, 0.2) is 88.7 Å². The Kier molecular flexibility index (Phi) is 8.25. The summed E-state index contributed by atoms with van der Waals surface area (Å²) in [6.45, 7) is 7.37. The monoisotopic (exact) mass is 597 g/mol. The molecule has 4 aromatic rings. The molecule has 0 unspecified atom stereocenters. The summed E-state index contributed by atoms with van der Waals surface area (Å²) in [6, 6.07) is 20.3. The second kappa shape index (κ2) is 11.3. The molecule has 0 saturated carbocycles. The molecule has 0 aliphatic heterocycles. The van der Waals surface area contributed by atoms with Crippen LogP contribution >= 0.6 is 11.6 Å². The lowest BCUT2D eigenvalue weighted by Gasteiger charge is -2.14. The quantitative estimate of drug-likeness (QED) is 0.216. The number of hydrogen-bond donors (Lipinski definition) is 3. The zero-order valence-electron chi connectivity index (χ0n) is 22.2. The smallest absolute Gasteiger partial charge is 0.263 e. The first kappa shape index (κ1) is 29.1. The van der Waals surface area contributed by atoms with Gasteiger partial charge in [-0.2, -0.15) is 0 Å². The van der Waals surface area contributed by atoms with Crippen molar-refractivity contribution in [2.75, 3.05) is 14.8 Å². The highest BCUT2D eigenvalue weighted by Crippen LogP contribution is 2.27. The summed E-state index contributed by atoms with van der Waals surface area (Å²) in [7, 11) is -7.96. The van der Waals surface area contributed by atoms with Gasteiger partial charge in [0.15, 0.2) is 0 Å². The Bertz CT molecular complexity index is 1820. The first-order chi connectivity index (χ1) is 18.7. The molecule has 4 rings (SSSR count). The Labute approximate surface area is 239 Å². The third kappa shape index (κ3) is 6.64. The van der Waals surface area contributed by atoms with Gasteiger partial charge < -0.3 is 5.32 Å². The molecule has 0 fully saturated rings. The van der Waals surface area contributed by atoms with Gasteiger partial charge in [-0.15, -0.1) is 0 Å². The number of sulfonamides is 2. The molecule has 40 heavy (non-hydrogen) atoms. The maximum absolute atomic E-state index is 13.1. The van der Waals surface area contributed by atoms with E-state index < -0.39 is 26.0 Å². The van der Waals surface area contributed by atoms with Crippen molar-refractivity contribution in [2.24, 2.45) is 0 Å². The van der Waals surface area contributed by atoms with Crippen molar-refractivity contribution >= 4 is 54.6 Å². The molecule has 0 aromatic heterocycles. The van der Waals surface area contributed by atoms with Crippen molar-refractivity contribution in [3.8, 4) is 0 Å². The molecular formula is C29H28ClN3O5S2. The van der Waals surface area contributed by atoms with Crippen molar-refractivity contribution in [2.45, 2.75) is 37.5 Å². The number of benzene rings is 4. The van der Waals surface area contributed by atoms with Crippen molar-refractivity contribution in [1.29, 1.82) is 0 Å². The molecule has 0 saturated heterocycles. The van der Waals surface area contributed by atoms with Crippen molar-refractivity contribution in [3.05, 3.63) is 112 Å². The standard InChI is InChI=1S/C29H28ClN3O5S2/c1-18-6-14-26(21(4)15-18)32-40(37,38)28-17-22(8-13-25(28)30)29(34)31-23-9-11-24(12-10-23)39(35,36)33-27-16-19(2)5-7-20(27)3/h5-17,32-33H,1-4H3,(H,31,34). The van der Waals surface area contributed by atoms with E-state index in [1.54, 1.807) is 25.1 Å². The van der Waals surface area contributed by atoms with Crippen LogP contribution in [0.1, 0.15) is 32.6 Å². The van der Waals surface area contributed by atoms with Crippen LogP contribution in [0.3, 0.4) is 0 Å². The number of carbonyl (C=O) groups is 1. The van der Waals surface area contributed by atoms with Gasteiger partial charge in [0, 0.05) is 11.3 Å². The van der Waals surface area contributed by atoms with E-state index in [1.807, 2.05) is 39.0 Å². The molecule has 8 nitrogen and oxygen atoms in total. The minimum atomic E-state index is -4.10. The minimum Gasteiger partial charge on any atom is -0.322 e. The van der Waals surface area contributed by atoms with Crippen LogP contribution in [0.4, 0.5) is 17.1 Å². The molecule has 0 bridgehead atoms. The summed E-state index contributed by atoms with van der Waals surface area (Å²) < 4.78 is 57.1. The molecule has 11 heteroatoms. The predicted octanol–water partition coefficient (Wildman–Crippen LogP) is 6.43. The normalized spacial score (nSPS) is 11.6. The topological polar surface area (TPSA) is 121 Å². The van der Waals surface area contributed by atoms with E-state index in [4.69, 9.17) is 11.6 Å². The lowest BCUT2D eigenvalue weighted by atomic mass is 10.1. The number of aryl methyl sites for hydroxylation is 4. The van der Waals surface area contributed by atoms with Gasteiger partial charge in [-0.05, 0) is 99.0 Å². The molecule has 3 N–H and O–H groups in total. The summed E-state index contributed by atoms with van der Waals surface area (Å²) in [4.78, 5) is 12.7. The van der Waals surface area contributed by atoms with E-state index in [0.29, 0.717) is 17.1 Å². The molecule has 0 heterocycles. The number of halogens is 1. The lowest BCUT2D eigenvalue weighted by molar-refractivity contribution is 0.102. The van der Waals surface area contributed by atoms with Gasteiger partial charge in [0.05, 0.1) is 21.3 Å². The molecular weight excluding hydrogens is 570 g/mol. The average molecular weight is 598 g/mol. The van der Waals surface area contributed by atoms with Gasteiger partial charge in [0.2, 0.25) is 0 Å². The third-order valence-electron chi connectivity index (χ3n) is 6.17. The summed E-state index contributed by atoms with van der Waals surface area (Å²) in [5.74, 6) is -0.594. The van der Waals surface area contributed by atoms with Crippen LogP contribution in [0.5, 0.6) is 0 Å².